The van der Waals surface area contributed by atoms with Gasteiger partial charge in [-0.3, -0.25) is 9.36 Å². The molecule has 1 aromatic carbocycles. The van der Waals surface area contributed by atoms with Gasteiger partial charge in [0.15, 0.2) is 0 Å². The van der Waals surface area contributed by atoms with Gasteiger partial charge in [0.2, 0.25) is 5.88 Å². The molecule has 2 aromatic rings. The maximum atomic E-state index is 12.4. The smallest absolute Gasteiger partial charge is 0.260 e. The standard InChI is InChI=1S/C18H22N2O4/c1-24-14-9-7-13(8-10-14)20-11-15(21)16(18(20)23)17(22)19-12-5-3-2-4-6-12/h7-12,21,23H,2-6H2,1H3,(H,19,22). The molecule has 0 aliphatic heterocycles. The minimum absolute atomic E-state index is 0.0867. The third-order valence-corrected chi connectivity index (χ3v) is 4.48. The average Bonchev–Trinajstić information content (AvgIpc) is 2.90. The van der Waals surface area contributed by atoms with Crippen molar-refractivity contribution in [3.8, 4) is 23.1 Å². The van der Waals surface area contributed by atoms with Crippen LogP contribution in [0.15, 0.2) is 30.5 Å². The summed E-state index contributed by atoms with van der Waals surface area (Å²) >= 11 is 0. The molecule has 24 heavy (non-hydrogen) atoms. The van der Waals surface area contributed by atoms with Gasteiger partial charge in [-0.15, -0.1) is 0 Å². The zero-order valence-electron chi connectivity index (χ0n) is 13.7. The number of aromatic nitrogens is 1. The van der Waals surface area contributed by atoms with Crippen LogP contribution in [0.3, 0.4) is 0 Å². The molecule has 1 aliphatic carbocycles. The highest BCUT2D eigenvalue weighted by Crippen LogP contribution is 2.33. The molecule has 1 aliphatic rings. The Hall–Kier alpha value is -2.63. The van der Waals surface area contributed by atoms with Crippen LogP contribution in [-0.2, 0) is 0 Å². The highest BCUT2D eigenvalue weighted by Gasteiger charge is 2.25. The van der Waals surface area contributed by atoms with E-state index < -0.39 is 5.91 Å². The molecule has 3 N–H and O–H groups in total. The summed E-state index contributed by atoms with van der Waals surface area (Å²) in [6.07, 6.45) is 6.59. The van der Waals surface area contributed by atoms with Crippen LogP contribution < -0.4 is 10.1 Å². The second kappa shape index (κ2) is 6.86. The van der Waals surface area contributed by atoms with Crippen LogP contribution in [0.1, 0.15) is 42.5 Å². The summed E-state index contributed by atoms with van der Waals surface area (Å²) in [5.74, 6) is -0.267. The lowest BCUT2D eigenvalue weighted by molar-refractivity contribution is 0.0922. The third-order valence-electron chi connectivity index (χ3n) is 4.48. The van der Waals surface area contributed by atoms with Gasteiger partial charge < -0.3 is 20.3 Å². The maximum absolute atomic E-state index is 12.4. The molecule has 0 saturated heterocycles. The number of nitrogens with zero attached hydrogens (tertiary/aromatic N) is 1. The molecule has 0 unspecified atom stereocenters. The van der Waals surface area contributed by atoms with E-state index in [2.05, 4.69) is 5.32 Å². The van der Waals surface area contributed by atoms with Crippen molar-refractivity contribution < 1.29 is 19.7 Å². The van der Waals surface area contributed by atoms with E-state index in [-0.39, 0.29) is 23.2 Å². The van der Waals surface area contributed by atoms with Crippen molar-refractivity contribution in [3.05, 3.63) is 36.0 Å². The minimum atomic E-state index is -0.441. The summed E-state index contributed by atoms with van der Waals surface area (Å²) in [5.41, 5.74) is 0.539. The van der Waals surface area contributed by atoms with Crippen LogP contribution in [-0.4, -0.2) is 33.8 Å². The second-order valence-electron chi connectivity index (χ2n) is 6.09. The Morgan fingerprint density at radius 2 is 1.83 bits per heavy atom. The summed E-state index contributed by atoms with van der Waals surface area (Å²) in [6, 6.07) is 7.07. The molecule has 0 spiro atoms. The topological polar surface area (TPSA) is 83.7 Å². The fourth-order valence-corrected chi connectivity index (χ4v) is 3.14. The molecule has 1 saturated carbocycles. The summed E-state index contributed by atoms with van der Waals surface area (Å²) in [7, 11) is 1.57. The van der Waals surface area contributed by atoms with Gasteiger partial charge in [0, 0.05) is 11.7 Å². The largest absolute Gasteiger partial charge is 0.505 e. The van der Waals surface area contributed by atoms with Crippen LogP contribution in [0.5, 0.6) is 17.4 Å². The molecule has 1 aromatic heterocycles. The van der Waals surface area contributed by atoms with Crippen molar-refractivity contribution in [2.75, 3.05) is 7.11 Å². The molecule has 128 valence electrons. The molecule has 0 radical (unpaired) electrons. The number of methoxy groups -OCH3 is 1. The van der Waals surface area contributed by atoms with Crippen LogP contribution >= 0.6 is 0 Å². The molecule has 3 rings (SSSR count). The molecule has 1 amide bonds. The quantitative estimate of drug-likeness (QED) is 0.805. The second-order valence-corrected chi connectivity index (χ2v) is 6.09. The van der Waals surface area contributed by atoms with Crippen molar-refractivity contribution in [2.24, 2.45) is 0 Å². The van der Waals surface area contributed by atoms with Crippen LogP contribution in [0.2, 0.25) is 0 Å². The van der Waals surface area contributed by atoms with E-state index >= 15 is 0 Å². The number of rotatable bonds is 4. The Balaban J connectivity index is 1.83. The number of carbonyl (C=O) groups is 1. The van der Waals surface area contributed by atoms with Gasteiger partial charge in [-0.05, 0) is 37.1 Å². The van der Waals surface area contributed by atoms with Gasteiger partial charge in [-0.25, -0.2) is 0 Å². The molecule has 0 atom stereocenters. The van der Waals surface area contributed by atoms with E-state index in [0.29, 0.717) is 11.4 Å². The van der Waals surface area contributed by atoms with Crippen molar-refractivity contribution in [1.82, 2.24) is 9.88 Å². The van der Waals surface area contributed by atoms with Crippen molar-refractivity contribution in [2.45, 2.75) is 38.1 Å². The number of hydrogen-bond acceptors (Lipinski definition) is 4. The van der Waals surface area contributed by atoms with Gasteiger partial charge in [0.1, 0.15) is 17.1 Å². The first-order valence-corrected chi connectivity index (χ1v) is 8.18. The normalized spacial score (nSPS) is 15.2. The lowest BCUT2D eigenvalue weighted by Crippen LogP contribution is -2.36. The number of hydrogen-bond donors (Lipinski definition) is 3. The summed E-state index contributed by atoms with van der Waals surface area (Å²) in [4.78, 5) is 12.4. The van der Waals surface area contributed by atoms with Gasteiger partial charge in [0.05, 0.1) is 13.3 Å². The van der Waals surface area contributed by atoms with Gasteiger partial charge in [-0.2, -0.15) is 0 Å². The van der Waals surface area contributed by atoms with Crippen molar-refractivity contribution >= 4 is 5.91 Å². The number of amides is 1. The Labute approximate surface area is 140 Å². The number of carbonyl (C=O) groups excluding carboxylic acids is 1. The Morgan fingerprint density at radius 3 is 2.46 bits per heavy atom. The summed E-state index contributed by atoms with van der Waals surface area (Å²) in [5, 5.41) is 23.4. The fourth-order valence-electron chi connectivity index (χ4n) is 3.14. The summed E-state index contributed by atoms with van der Waals surface area (Å²) in [6.45, 7) is 0. The molecule has 6 heteroatoms. The third kappa shape index (κ3) is 3.18. The predicted octanol–water partition coefficient (Wildman–Crippen LogP) is 2.96. The van der Waals surface area contributed by atoms with E-state index in [9.17, 15) is 15.0 Å². The molecule has 1 fully saturated rings. The van der Waals surface area contributed by atoms with E-state index in [0.717, 1.165) is 25.7 Å². The van der Waals surface area contributed by atoms with E-state index in [4.69, 9.17) is 4.74 Å². The average molecular weight is 330 g/mol. The highest BCUT2D eigenvalue weighted by atomic mass is 16.5. The predicted molar refractivity (Wildman–Crippen MR) is 90.0 cm³/mol. The lowest BCUT2D eigenvalue weighted by Gasteiger charge is -2.22. The molecule has 1 heterocycles. The van der Waals surface area contributed by atoms with Gasteiger partial charge in [-0.1, -0.05) is 19.3 Å². The van der Waals surface area contributed by atoms with Crippen molar-refractivity contribution in [3.63, 3.8) is 0 Å². The Morgan fingerprint density at radius 1 is 1.17 bits per heavy atom. The van der Waals surface area contributed by atoms with E-state index in [1.807, 2.05) is 0 Å². The van der Waals surface area contributed by atoms with E-state index in [1.165, 1.54) is 17.2 Å². The molecule has 0 bridgehead atoms. The maximum Gasteiger partial charge on any atom is 0.260 e. The first-order chi connectivity index (χ1) is 11.6. The fraction of sp³-hybridized carbons (Fsp3) is 0.389. The van der Waals surface area contributed by atoms with E-state index in [1.54, 1.807) is 31.4 Å². The van der Waals surface area contributed by atoms with Gasteiger partial charge >= 0.3 is 0 Å². The number of benzene rings is 1. The van der Waals surface area contributed by atoms with Crippen LogP contribution in [0.4, 0.5) is 0 Å². The highest BCUT2D eigenvalue weighted by molar-refractivity contribution is 5.99. The Bertz CT molecular complexity index is 715. The summed E-state index contributed by atoms with van der Waals surface area (Å²) < 4.78 is 6.48. The first-order valence-electron chi connectivity index (χ1n) is 8.18. The number of ether oxygens (including phenoxy) is 1. The Kier molecular flexibility index (Phi) is 4.64. The zero-order chi connectivity index (χ0) is 17.1. The number of nitrogens with one attached hydrogen (secondary N) is 1. The van der Waals surface area contributed by atoms with Crippen LogP contribution in [0, 0.1) is 0 Å². The van der Waals surface area contributed by atoms with Crippen molar-refractivity contribution in [1.29, 1.82) is 0 Å². The zero-order valence-corrected chi connectivity index (χ0v) is 13.7. The monoisotopic (exact) mass is 330 g/mol. The molecular formula is C18H22N2O4. The molecular weight excluding hydrogens is 308 g/mol. The SMILES string of the molecule is COc1ccc(-n2cc(O)c(C(=O)NC3CCCCC3)c2O)cc1. The van der Waals surface area contributed by atoms with Gasteiger partial charge in [0.25, 0.3) is 5.91 Å². The first kappa shape index (κ1) is 16.2. The van der Waals surface area contributed by atoms with Crippen LogP contribution in [0.25, 0.3) is 5.69 Å². The molecule has 6 nitrogen and oxygen atoms in total. The lowest BCUT2D eigenvalue weighted by atomic mass is 9.95. The number of aromatic hydroxyl groups is 2. The minimum Gasteiger partial charge on any atom is -0.505 e.